The number of aliphatic hydroxyl groups excluding tert-OH is 1. The number of fused-ring (bicyclic) bond motifs is 1. The summed E-state index contributed by atoms with van der Waals surface area (Å²) >= 11 is 7.65. The predicted molar refractivity (Wildman–Crippen MR) is 95.7 cm³/mol. The number of rotatable bonds is 5. The minimum Gasteiger partial charge on any atom is -0.388 e. The third-order valence-corrected chi connectivity index (χ3v) is 5.56. The number of aryl methyl sites for hydroxylation is 2. The van der Waals surface area contributed by atoms with Crippen LogP contribution in [0, 0.1) is 0 Å². The molecule has 0 fully saturated rings. The molecule has 0 amide bonds. The van der Waals surface area contributed by atoms with Gasteiger partial charge in [-0.05, 0) is 60.1 Å². The average Bonchev–Trinajstić information content (AvgIpc) is 2.56. The largest absolute Gasteiger partial charge is 0.388 e. The molecule has 22 heavy (non-hydrogen) atoms. The van der Waals surface area contributed by atoms with Gasteiger partial charge in [0, 0.05) is 16.5 Å². The fourth-order valence-corrected chi connectivity index (χ4v) is 4.01. The summed E-state index contributed by atoms with van der Waals surface area (Å²) < 4.78 is 0. The molecule has 3 rings (SSSR count). The maximum atomic E-state index is 10.4. The molecule has 2 aromatic carbocycles. The Balaban J connectivity index is 1.55. The van der Waals surface area contributed by atoms with E-state index in [1.807, 2.05) is 24.3 Å². The first-order valence-corrected chi connectivity index (χ1v) is 9.37. The molecule has 116 valence electrons. The number of benzene rings is 2. The van der Waals surface area contributed by atoms with Gasteiger partial charge in [0.1, 0.15) is 0 Å². The van der Waals surface area contributed by atoms with Crippen LogP contribution in [0.1, 0.15) is 41.2 Å². The van der Waals surface area contributed by atoms with Crippen LogP contribution in [-0.4, -0.2) is 10.9 Å². The van der Waals surface area contributed by atoms with Crippen molar-refractivity contribution in [1.82, 2.24) is 0 Å². The van der Waals surface area contributed by atoms with Crippen LogP contribution in [0.15, 0.2) is 42.5 Å². The van der Waals surface area contributed by atoms with Crippen molar-refractivity contribution in [2.75, 3.05) is 5.75 Å². The van der Waals surface area contributed by atoms with Crippen LogP contribution < -0.4 is 0 Å². The molecule has 2 aromatic rings. The van der Waals surface area contributed by atoms with Gasteiger partial charge < -0.3 is 5.11 Å². The van der Waals surface area contributed by atoms with Gasteiger partial charge >= 0.3 is 0 Å². The summed E-state index contributed by atoms with van der Waals surface area (Å²) in [5.41, 5.74) is 5.21. The summed E-state index contributed by atoms with van der Waals surface area (Å²) in [6.45, 7) is 0. The Morgan fingerprint density at radius 2 is 1.73 bits per heavy atom. The minimum absolute atomic E-state index is 0.385. The van der Waals surface area contributed by atoms with Gasteiger partial charge in [0.05, 0.1) is 6.10 Å². The molecule has 0 radical (unpaired) electrons. The van der Waals surface area contributed by atoms with Crippen LogP contribution in [0.5, 0.6) is 0 Å². The first kappa shape index (κ1) is 15.9. The van der Waals surface area contributed by atoms with Crippen LogP contribution in [0.25, 0.3) is 0 Å². The van der Waals surface area contributed by atoms with Crippen LogP contribution in [0.2, 0.25) is 5.02 Å². The highest BCUT2D eigenvalue weighted by molar-refractivity contribution is 7.98. The Morgan fingerprint density at radius 1 is 1.00 bits per heavy atom. The van der Waals surface area contributed by atoms with Gasteiger partial charge in [0.15, 0.2) is 0 Å². The molecule has 3 heteroatoms. The number of thioether (sulfide) groups is 1. The lowest BCUT2D eigenvalue weighted by Crippen LogP contribution is -2.06. The van der Waals surface area contributed by atoms with E-state index in [-0.39, 0.29) is 6.10 Å². The van der Waals surface area contributed by atoms with E-state index in [4.69, 9.17) is 11.6 Å². The van der Waals surface area contributed by atoms with Crippen molar-refractivity contribution in [3.63, 3.8) is 0 Å². The van der Waals surface area contributed by atoms with Crippen molar-refractivity contribution in [2.45, 2.75) is 37.5 Å². The van der Waals surface area contributed by atoms with Gasteiger partial charge in [-0.15, -0.1) is 0 Å². The highest BCUT2D eigenvalue weighted by Gasteiger charge is 2.13. The van der Waals surface area contributed by atoms with Gasteiger partial charge in [-0.2, -0.15) is 11.8 Å². The van der Waals surface area contributed by atoms with Crippen molar-refractivity contribution < 1.29 is 5.11 Å². The van der Waals surface area contributed by atoms with Crippen molar-refractivity contribution in [2.24, 2.45) is 0 Å². The van der Waals surface area contributed by atoms with Crippen molar-refractivity contribution in [3.05, 3.63) is 69.7 Å². The monoisotopic (exact) mass is 332 g/mol. The normalized spacial score (nSPS) is 15.4. The Bertz CT molecular complexity index is 624. The second kappa shape index (κ2) is 7.54. The van der Waals surface area contributed by atoms with Crippen LogP contribution in [0.3, 0.4) is 0 Å². The molecule has 1 N–H and O–H groups in total. The lowest BCUT2D eigenvalue weighted by atomic mass is 9.90. The minimum atomic E-state index is -0.385. The molecular weight excluding hydrogens is 312 g/mol. The number of aliphatic hydroxyl groups is 1. The molecule has 0 saturated carbocycles. The summed E-state index contributed by atoms with van der Waals surface area (Å²) in [5.74, 6) is 1.63. The molecule has 0 saturated heterocycles. The lowest BCUT2D eigenvalue weighted by molar-refractivity contribution is 0.204. The molecular formula is C19H21ClOS. The Hall–Kier alpha value is -0.960. The van der Waals surface area contributed by atoms with E-state index in [0.29, 0.717) is 0 Å². The van der Waals surface area contributed by atoms with Gasteiger partial charge in [0.25, 0.3) is 0 Å². The number of halogens is 1. The maximum Gasteiger partial charge on any atom is 0.0880 e. The highest BCUT2D eigenvalue weighted by atomic mass is 35.5. The SMILES string of the molecule is O[C@@H](CSCc1ccc(Cl)cc1)c1ccc2c(c1)CCCC2. The number of hydrogen-bond acceptors (Lipinski definition) is 2. The van der Waals surface area contributed by atoms with E-state index < -0.39 is 0 Å². The zero-order valence-corrected chi connectivity index (χ0v) is 14.2. The van der Waals surface area contributed by atoms with Crippen LogP contribution in [0.4, 0.5) is 0 Å². The van der Waals surface area contributed by atoms with Gasteiger partial charge in [-0.3, -0.25) is 0 Å². The molecule has 1 aliphatic rings. The van der Waals surface area contributed by atoms with E-state index in [0.717, 1.165) is 28.5 Å². The fourth-order valence-electron chi connectivity index (χ4n) is 2.93. The fraction of sp³-hybridized carbons (Fsp3) is 0.368. The third kappa shape index (κ3) is 4.07. The molecule has 0 spiro atoms. The van der Waals surface area contributed by atoms with Crippen molar-refractivity contribution in [1.29, 1.82) is 0 Å². The summed E-state index contributed by atoms with van der Waals surface area (Å²) in [6, 6.07) is 14.4. The third-order valence-electron chi connectivity index (χ3n) is 4.22. The quantitative estimate of drug-likeness (QED) is 0.813. The zero-order valence-electron chi connectivity index (χ0n) is 12.6. The molecule has 1 aliphatic carbocycles. The van der Waals surface area contributed by atoms with E-state index in [9.17, 15) is 5.11 Å². The highest BCUT2D eigenvalue weighted by Crippen LogP contribution is 2.27. The van der Waals surface area contributed by atoms with Crippen LogP contribution >= 0.6 is 23.4 Å². The summed E-state index contributed by atoms with van der Waals surface area (Å²) in [7, 11) is 0. The topological polar surface area (TPSA) is 20.2 Å². The number of hydrogen-bond donors (Lipinski definition) is 1. The summed E-state index contributed by atoms with van der Waals surface area (Å²) in [4.78, 5) is 0. The molecule has 1 atom stereocenters. The average molecular weight is 333 g/mol. The molecule has 0 unspecified atom stereocenters. The standard InChI is InChI=1S/C19H21ClOS/c20-18-9-5-14(6-10-18)12-22-13-19(21)17-8-7-15-3-1-2-4-16(15)11-17/h5-11,19,21H,1-4,12-13H2/t19-/m0/s1. The Labute approximate surface area is 141 Å². The van der Waals surface area contributed by atoms with Crippen molar-refractivity contribution in [3.8, 4) is 0 Å². The maximum absolute atomic E-state index is 10.4. The Morgan fingerprint density at radius 3 is 2.50 bits per heavy atom. The second-order valence-corrected chi connectivity index (χ2v) is 7.36. The van der Waals surface area contributed by atoms with Crippen LogP contribution in [-0.2, 0) is 18.6 Å². The van der Waals surface area contributed by atoms with Gasteiger partial charge in [0.2, 0.25) is 0 Å². The lowest BCUT2D eigenvalue weighted by Gasteiger charge is -2.18. The summed E-state index contributed by atoms with van der Waals surface area (Å²) in [5, 5.41) is 11.2. The predicted octanol–water partition coefficient (Wildman–Crippen LogP) is 5.19. The summed E-state index contributed by atoms with van der Waals surface area (Å²) in [6.07, 6.45) is 4.54. The molecule has 0 heterocycles. The molecule has 0 aliphatic heterocycles. The first-order chi connectivity index (χ1) is 10.7. The van der Waals surface area contributed by atoms with E-state index in [1.165, 1.54) is 36.0 Å². The Kier molecular flexibility index (Phi) is 5.46. The van der Waals surface area contributed by atoms with E-state index >= 15 is 0 Å². The van der Waals surface area contributed by atoms with Gasteiger partial charge in [-0.1, -0.05) is 41.9 Å². The molecule has 0 aromatic heterocycles. The van der Waals surface area contributed by atoms with E-state index in [1.54, 1.807) is 11.8 Å². The smallest absolute Gasteiger partial charge is 0.0880 e. The zero-order chi connectivity index (χ0) is 15.4. The molecule has 0 bridgehead atoms. The van der Waals surface area contributed by atoms with Gasteiger partial charge in [-0.25, -0.2) is 0 Å². The molecule has 1 nitrogen and oxygen atoms in total. The van der Waals surface area contributed by atoms with E-state index in [2.05, 4.69) is 18.2 Å². The second-order valence-electron chi connectivity index (χ2n) is 5.89. The first-order valence-electron chi connectivity index (χ1n) is 7.84. The van der Waals surface area contributed by atoms with Crippen molar-refractivity contribution >= 4 is 23.4 Å².